The van der Waals surface area contributed by atoms with E-state index in [0.29, 0.717) is 12.5 Å². The molecule has 0 spiro atoms. The third-order valence-electron chi connectivity index (χ3n) is 3.87. The molecule has 1 atom stereocenters. The van der Waals surface area contributed by atoms with Crippen LogP contribution in [0.25, 0.3) is 0 Å². The third kappa shape index (κ3) is 2.88. The first-order valence-electron chi connectivity index (χ1n) is 7.51. The van der Waals surface area contributed by atoms with E-state index in [4.69, 9.17) is 4.74 Å². The lowest BCUT2D eigenvalue weighted by Gasteiger charge is -2.28. The van der Waals surface area contributed by atoms with Gasteiger partial charge in [-0.2, -0.15) is 0 Å². The molecule has 0 saturated heterocycles. The maximum Gasteiger partial charge on any atom is 0.143 e. The second-order valence-corrected chi connectivity index (χ2v) is 5.66. The van der Waals surface area contributed by atoms with E-state index in [1.54, 1.807) is 0 Å². The summed E-state index contributed by atoms with van der Waals surface area (Å²) in [6.07, 6.45) is 0. The molecule has 3 rings (SSSR count). The molecule has 1 heterocycles. The number of nitrogens with zero attached hydrogens (tertiary/aromatic N) is 1. The minimum Gasteiger partial charge on any atom is -0.487 e. The molecule has 0 fully saturated rings. The van der Waals surface area contributed by atoms with Crippen molar-refractivity contribution in [1.29, 1.82) is 0 Å². The Kier molecular flexibility index (Phi) is 4.11. The van der Waals surface area contributed by atoms with Crippen LogP contribution in [-0.4, -0.2) is 20.1 Å². The van der Waals surface area contributed by atoms with E-state index in [2.05, 4.69) is 59.6 Å². The highest BCUT2D eigenvalue weighted by Crippen LogP contribution is 2.39. The first-order valence-corrected chi connectivity index (χ1v) is 7.51. The van der Waals surface area contributed by atoms with Crippen molar-refractivity contribution in [3.05, 3.63) is 54.1 Å². The summed E-state index contributed by atoms with van der Waals surface area (Å²) >= 11 is 0. The molecule has 1 aliphatic heterocycles. The van der Waals surface area contributed by atoms with E-state index >= 15 is 0 Å². The molecule has 1 N–H and O–H groups in total. The number of nitrogens with one attached hydrogen (secondary N) is 1. The van der Waals surface area contributed by atoms with Gasteiger partial charge in [0.05, 0.1) is 5.69 Å². The van der Waals surface area contributed by atoms with Gasteiger partial charge in [-0.25, -0.2) is 0 Å². The van der Waals surface area contributed by atoms with Gasteiger partial charge in [-0.3, -0.25) is 0 Å². The molecule has 1 aliphatic rings. The number of anilines is 2. The Morgan fingerprint density at radius 2 is 1.81 bits per heavy atom. The zero-order chi connectivity index (χ0) is 14.7. The van der Waals surface area contributed by atoms with Crippen LogP contribution < -0.4 is 15.0 Å². The van der Waals surface area contributed by atoms with Gasteiger partial charge in [-0.05, 0) is 37.7 Å². The SMILES string of the molecule is CNC[C@@H](C)CN1c2ccccc2COc2ccccc21. The topological polar surface area (TPSA) is 24.5 Å². The van der Waals surface area contributed by atoms with E-state index in [-0.39, 0.29) is 0 Å². The lowest BCUT2D eigenvalue weighted by Crippen LogP contribution is -2.29. The van der Waals surface area contributed by atoms with Crippen LogP contribution in [0.3, 0.4) is 0 Å². The summed E-state index contributed by atoms with van der Waals surface area (Å²) in [4.78, 5) is 2.39. The van der Waals surface area contributed by atoms with Gasteiger partial charge in [0.25, 0.3) is 0 Å². The van der Waals surface area contributed by atoms with Gasteiger partial charge in [-0.15, -0.1) is 0 Å². The predicted octanol–water partition coefficient (Wildman–Crippen LogP) is 3.57. The monoisotopic (exact) mass is 282 g/mol. The number of hydrogen-bond acceptors (Lipinski definition) is 3. The summed E-state index contributed by atoms with van der Waals surface area (Å²) in [6, 6.07) is 16.8. The third-order valence-corrected chi connectivity index (χ3v) is 3.87. The van der Waals surface area contributed by atoms with Crippen LogP contribution in [0.4, 0.5) is 11.4 Å². The van der Waals surface area contributed by atoms with E-state index in [9.17, 15) is 0 Å². The van der Waals surface area contributed by atoms with Crippen molar-refractivity contribution in [2.45, 2.75) is 13.5 Å². The van der Waals surface area contributed by atoms with Crippen LogP contribution in [0.15, 0.2) is 48.5 Å². The number of hydrogen-bond donors (Lipinski definition) is 1. The summed E-state index contributed by atoms with van der Waals surface area (Å²) in [5.41, 5.74) is 3.65. The minimum absolute atomic E-state index is 0.550. The molecular formula is C18H22N2O. The van der Waals surface area contributed by atoms with Crippen molar-refractivity contribution < 1.29 is 4.74 Å². The second kappa shape index (κ2) is 6.19. The highest BCUT2D eigenvalue weighted by molar-refractivity contribution is 5.72. The largest absolute Gasteiger partial charge is 0.487 e. The van der Waals surface area contributed by atoms with Crippen LogP contribution in [0, 0.1) is 5.92 Å². The van der Waals surface area contributed by atoms with Crippen LogP contribution in [0.1, 0.15) is 12.5 Å². The Bertz CT molecular complexity index is 564. The molecule has 3 heteroatoms. The molecule has 0 radical (unpaired) electrons. The van der Waals surface area contributed by atoms with Crippen molar-refractivity contribution >= 4 is 11.4 Å². The first-order chi connectivity index (χ1) is 10.3. The van der Waals surface area contributed by atoms with Crippen molar-refractivity contribution in [2.75, 3.05) is 25.0 Å². The molecule has 2 aromatic rings. The summed E-state index contributed by atoms with van der Waals surface area (Å²) in [6.45, 7) is 4.87. The Balaban J connectivity index is 2.02. The van der Waals surface area contributed by atoms with E-state index < -0.39 is 0 Å². The fraction of sp³-hybridized carbons (Fsp3) is 0.333. The van der Waals surface area contributed by atoms with Crippen LogP contribution in [0.5, 0.6) is 5.75 Å². The quantitative estimate of drug-likeness (QED) is 0.927. The summed E-state index contributed by atoms with van der Waals surface area (Å²) in [5.74, 6) is 1.51. The zero-order valence-corrected chi connectivity index (χ0v) is 12.7. The average molecular weight is 282 g/mol. The van der Waals surface area contributed by atoms with Crippen LogP contribution in [-0.2, 0) is 6.61 Å². The summed E-state index contributed by atoms with van der Waals surface area (Å²) < 4.78 is 5.99. The molecule has 21 heavy (non-hydrogen) atoms. The molecule has 0 unspecified atom stereocenters. The normalized spacial score (nSPS) is 14.7. The smallest absolute Gasteiger partial charge is 0.143 e. The maximum atomic E-state index is 5.99. The van der Waals surface area contributed by atoms with E-state index in [0.717, 1.165) is 24.5 Å². The summed E-state index contributed by atoms with van der Waals surface area (Å²) in [7, 11) is 2.00. The number of rotatable bonds is 4. The number of benzene rings is 2. The van der Waals surface area contributed by atoms with Gasteiger partial charge in [0.2, 0.25) is 0 Å². The first kappa shape index (κ1) is 14.0. The van der Waals surface area contributed by atoms with Crippen molar-refractivity contribution in [2.24, 2.45) is 5.92 Å². The Labute approximate surface area is 126 Å². The molecule has 110 valence electrons. The zero-order valence-electron chi connectivity index (χ0n) is 12.7. The van der Waals surface area contributed by atoms with Crippen molar-refractivity contribution in [3.8, 4) is 5.75 Å². The molecule has 0 aromatic heterocycles. The predicted molar refractivity (Wildman–Crippen MR) is 87.3 cm³/mol. The lowest BCUT2D eigenvalue weighted by atomic mass is 10.1. The van der Waals surface area contributed by atoms with Gasteiger partial charge in [-0.1, -0.05) is 37.3 Å². The molecule has 0 bridgehead atoms. The van der Waals surface area contributed by atoms with E-state index in [1.165, 1.54) is 11.3 Å². The fourth-order valence-electron chi connectivity index (χ4n) is 2.91. The van der Waals surface area contributed by atoms with E-state index in [1.807, 2.05) is 13.1 Å². The molecular weight excluding hydrogens is 260 g/mol. The second-order valence-electron chi connectivity index (χ2n) is 5.66. The molecule has 0 amide bonds. The van der Waals surface area contributed by atoms with Gasteiger partial charge in [0, 0.05) is 17.8 Å². The van der Waals surface area contributed by atoms with Gasteiger partial charge >= 0.3 is 0 Å². The minimum atomic E-state index is 0.550. The molecule has 2 aromatic carbocycles. The van der Waals surface area contributed by atoms with Crippen LogP contribution >= 0.6 is 0 Å². The lowest BCUT2D eigenvalue weighted by molar-refractivity contribution is 0.310. The Hall–Kier alpha value is -2.00. The highest BCUT2D eigenvalue weighted by Gasteiger charge is 2.22. The number of ether oxygens (including phenoxy) is 1. The van der Waals surface area contributed by atoms with Crippen LogP contribution in [0.2, 0.25) is 0 Å². The van der Waals surface area contributed by atoms with Crippen molar-refractivity contribution in [3.63, 3.8) is 0 Å². The number of para-hydroxylation sites is 3. The fourth-order valence-corrected chi connectivity index (χ4v) is 2.91. The number of fused-ring (bicyclic) bond motifs is 2. The Morgan fingerprint density at radius 1 is 1.10 bits per heavy atom. The maximum absolute atomic E-state index is 5.99. The molecule has 0 saturated carbocycles. The highest BCUT2D eigenvalue weighted by atomic mass is 16.5. The van der Waals surface area contributed by atoms with Crippen molar-refractivity contribution in [1.82, 2.24) is 5.32 Å². The Morgan fingerprint density at radius 3 is 2.62 bits per heavy atom. The summed E-state index contributed by atoms with van der Waals surface area (Å²) in [5, 5.41) is 3.26. The average Bonchev–Trinajstić information content (AvgIpc) is 2.66. The standard InChI is InChI=1S/C18H22N2O/c1-14(11-19-2)12-20-16-8-4-3-7-15(16)13-21-18-10-6-5-9-17(18)20/h3-10,14,19H,11-13H2,1-2H3/t14-/m1/s1. The van der Waals surface area contributed by atoms with Gasteiger partial charge < -0.3 is 15.0 Å². The molecule has 3 nitrogen and oxygen atoms in total. The molecule has 0 aliphatic carbocycles. The van der Waals surface area contributed by atoms with Gasteiger partial charge in [0.15, 0.2) is 0 Å². The van der Waals surface area contributed by atoms with Gasteiger partial charge in [0.1, 0.15) is 12.4 Å².